The molecule has 0 aliphatic heterocycles. The molecular weight excluding hydrogens is 228 g/mol. The molecule has 1 aromatic heterocycles. The minimum atomic E-state index is -0.247. The maximum atomic E-state index is 12.0. The molecule has 0 spiro atoms. The number of nitrogens with zero attached hydrogens (tertiary/aromatic N) is 1. The molecule has 0 radical (unpaired) electrons. The van der Waals surface area contributed by atoms with Gasteiger partial charge in [-0.25, -0.2) is 0 Å². The predicted molar refractivity (Wildman–Crippen MR) is 72.2 cm³/mol. The highest BCUT2D eigenvalue weighted by atomic mass is 16.1. The molecule has 2 rings (SSSR count). The average Bonchev–Trinajstić information content (AvgIpc) is 2.31. The van der Waals surface area contributed by atoms with E-state index in [-0.39, 0.29) is 5.91 Å². The summed E-state index contributed by atoms with van der Waals surface area (Å²) in [7, 11) is 0. The van der Waals surface area contributed by atoms with Crippen molar-refractivity contribution in [2.24, 2.45) is 0 Å². The van der Waals surface area contributed by atoms with Gasteiger partial charge in [-0.15, -0.1) is 0 Å². The van der Waals surface area contributed by atoms with Gasteiger partial charge in [0.15, 0.2) is 0 Å². The molecule has 0 aliphatic carbocycles. The molecule has 0 atom stereocenters. The average molecular weight is 242 g/mol. The monoisotopic (exact) mass is 242 g/mol. The van der Waals surface area contributed by atoms with E-state index in [9.17, 15) is 4.79 Å². The van der Waals surface area contributed by atoms with E-state index in [2.05, 4.69) is 10.3 Å². The molecule has 2 aromatic rings. The van der Waals surface area contributed by atoms with Crippen LogP contribution in [0.1, 0.15) is 15.9 Å². The van der Waals surface area contributed by atoms with Crippen LogP contribution < -0.4 is 16.8 Å². The van der Waals surface area contributed by atoms with E-state index in [1.165, 1.54) is 0 Å². The maximum Gasteiger partial charge on any atom is 0.255 e. The first-order valence-electron chi connectivity index (χ1n) is 5.44. The van der Waals surface area contributed by atoms with Crippen molar-refractivity contribution >= 4 is 23.0 Å². The van der Waals surface area contributed by atoms with Crippen molar-refractivity contribution < 1.29 is 4.79 Å². The van der Waals surface area contributed by atoms with E-state index < -0.39 is 0 Å². The number of amides is 1. The number of anilines is 3. The van der Waals surface area contributed by atoms with Crippen LogP contribution in [0.15, 0.2) is 36.7 Å². The Bertz CT molecular complexity index is 575. The summed E-state index contributed by atoms with van der Waals surface area (Å²) in [5.41, 5.74) is 14.3. The first kappa shape index (κ1) is 11.9. The number of aryl methyl sites for hydroxylation is 1. The number of benzene rings is 1. The number of nitrogens with two attached hydrogens (primary N) is 2. The number of aromatic nitrogens is 1. The molecule has 0 saturated heterocycles. The van der Waals surface area contributed by atoms with E-state index in [1.54, 1.807) is 36.7 Å². The Labute approximate surface area is 105 Å². The lowest BCUT2D eigenvalue weighted by Crippen LogP contribution is -2.13. The molecule has 5 N–H and O–H groups in total. The Kier molecular flexibility index (Phi) is 3.14. The standard InChI is InChI=1S/C13H14N4O/c1-8-7-16-3-2-12(8)17-13(18)9-4-10(14)6-11(15)5-9/h2-7H,14-15H2,1H3,(H,16,17,18). The molecule has 5 nitrogen and oxygen atoms in total. The molecule has 1 amide bonds. The van der Waals surface area contributed by atoms with Crippen LogP contribution in [-0.2, 0) is 0 Å². The van der Waals surface area contributed by atoms with Crippen molar-refractivity contribution in [3.8, 4) is 0 Å². The third-order valence-corrected chi connectivity index (χ3v) is 2.51. The van der Waals surface area contributed by atoms with Gasteiger partial charge in [-0.1, -0.05) is 0 Å². The zero-order chi connectivity index (χ0) is 13.1. The van der Waals surface area contributed by atoms with Gasteiger partial charge in [-0.2, -0.15) is 0 Å². The van der Waals surface area contributed by atoms with Gasteiger partial charge in [0.25, 0.3) is 5.91 Å². The minimum absolute atomic E-state index is 0.247. The van der Waals surface area contributed by atoms with Gasteiger partial charge >= 0.3 is 0 Å². The van der Waals surface area contributed by atoms with Crippen molar-refractivity contribution in [1.29, 1.82) is 0 Å². The molecule has 5 heteroatoms. The number of carbonyl (C=O) groups is 1. The topological polar surface area (TPSA) is 94.0 Å². The summed E-state index contributed by atoms with van der Waals surface area (Å²) in [4.78, 5) is 16.0. The van der Waals surface area contributed by atoms with Crippen molar-refractivity contribution in [3.05, 3.63) is 47.8 Å². The second kappa shape index (κ2) is 4.75. The molecule has 0 aliphatic rings. The van der Waals surface area contributed by atoms with Crippen LogP contribution in [0, 0.1) is 6.92 Å². The molecule has 0 fully saturated rings. The highest BCUT2D eigenvalue weighted by Crippen LogP contribution is 2.17. The number of hydrogen-bond acceptors (Lipinski definition) is 4. The Hall–Kier alpha value is -2.56. The fraction of sp³-hybridized carbons (Fsp3) is 0.0769. The number of pyridine rings is 1. The molecule has 1 aromatic carbocycles. The van der Waals surface area contributed by atoms with Crippen LogP contribution in [0.5, 0.6) is 0 Å². The van der Waals surface area contributed by atoms with Crippen molar-refractivity contribution in [1.82, 2.24) is 4.98 Å². The minimum Gasteiger partial charge on any atom is -0.399 e. The Morgan fingerprint density at radius 2 is 1.89 bits per heavy atom. The molecular formula is C13H14N4O. The summed E-state index contributed by atoms with van der Waals surface area (Å²) < 4.78 is 0. The second-order valence-corrected chi connectivity index (χ2v) is 4.03. The van der Waals surface area contributed by atoms with E-state index in [1.807, 2.05) is 6.92 Å². The van der Waals surface area contributed by atoms with E-state index >= 15 is 0 Å². The van der Waals surface area contributed by atoms with Gasteiger partial charge in [-0.05, 0) is 36.8 Å². The Balaban J connectivity index is 2.25. The third kappa shape index (κ3) is 2.57. The summed E-state index contributed by atoms with van der Waals surface area (Å²) in [5.74, 6) is -0.247. The SMILES string of the molecule is Cc1cnccc1NC(=O)c1cc(N)cc(N)c1. The lowest BCUT2D eigenvalue weighted by Gasteiger charge is -2.08. The van der Waals surface area contributed by atoms with Gasteiger partial charge in [-0.3, -0.25) is 9.78 Å². The van der Waals surface area contributed by atoms with Crippen LogP contribution in [-0.4, -0.2) is 10.9 Å². The van der Waals surface area contributed by atoms with E-state index in [0.717, 1.165) is 11.3 Å². The summed E-state index contributed by atoms with van der Waals surface area (Å²) in [6.07, 6.45) is 3.31. The van der Waals surface area contributed by atoms with Crippen LogP contribution in [0.2, 0.25) is 0 Å². The Morgan fingerprint density at radius 1 is 1.22 bits per heavy atom. The zero-order valence-corrected chi connectivity index (χ0v) is 9.97. The maximum absolute atomic E-state index is 12.0. The summed E-state index contributed by atoms with van der Waals surface area (Å²) in [6.45, 7) is 1.87. The van der Waals surface area contributed by atoms with Crippen molar-refractivity contribution in [2.45, 2.75) is 6.92 Å². The van der Waals surface area contributed by atoms with Gasteiger partial charge in [0.2, 0.25) is 0 Å². The van der Waals surface area contributed by atoms with Crippen LogP contribution in [0.3, 0.4) is 0 Å². The molecule has 92 valence electrons. The normalized spacial score (nSPS) is 10.1. The van der Waals surface area contributed by atoms with Crippen molar-refractivity contribution in [2.75, 3.05) is 16.8 Å². The summed E-state index contributed by atoms with van der Waals surface area (Å²) in [5, 5.41) is 2.79. The molecule has 0 bridgehead atoms. The van der Waals surface area contributed by atoms with Gasteiger partial charge in [0.05, 0.1) is 0 Å². The summed E-state index contributed by atoms with van der Waals surface area (Å²) >= 11 is 0. The highest BCUT2D eigenvalue weighted by molar-refractivity contribution is 6.05. The molecule has 1 heterocycles. The van der Waals surface area contributed by atoms with Crippen LogP contribution in [0.4, 0.5) is 17.1 Å². The van der Waals surface area contributed by atoms with Crippen LogP contribution in [0.25, 0.3) is 0 Å². The lowest BCUT2D eigenvalue weighted by molar-refractivity contribution is 0.102. The number of nitrogen functional groups attached to an aromatic ring is 2. The summed E-state index contributed by atoms with van der Waals surface area (Å²) in [6, 6.07) is 6.52. The number of hydrogen-bond donors (Lipinski definition) is 3. The molecule has 18 heavy (non-hydrogen) atoms. The van der Waals surface area contributed by atoms with Gasteiger partial charge < -0.3 is 16.8 Å². The number of carbonyl (C=O) groups excluding carboxylic acids is 1. The van der Waals surface area contributed by atoms with E-state index in [4.69, 9.17) is 11.5 Å². The highest BCUT2D eigenvalue weighted by Gasteiger charge is 2.08. The van der Waals surface area contributed by atoms with E-state index in [0.29, 0.717) is 16.9 Å². The Morgan fingerprint density at radius 3 is 2.50 bits per heavy atom. The van der Waals surface area contributed by atoms with Gasteiger partial charge in [0.1, 0.15) is 0 Å². The quantitative estimate of drug-likeness (QED) is 0.700. The van der Waals surface area contributed by atoms with Gasteiger partial charge in [0, 0.05) is 35.0 Å². The number of rotatable bonds is 2. The van der Waals surface area contributed by atoms with Crippen LogP contribution >= 0.6 is 0 Å². The third-order valence-electron chi connectivity index (χ3n) is 2.51. The first-order valence-corrected chi connectivity index (χ1v) is 5.44. The fourth-order valence-corrected chi connectivity index (χ4v) is 1.62. The second-order valence-electron chi connectivity index (χ2n) is 4.03. The number of nitrogens with one attached hydrogen (secondary N) is 1. The fourth-order valence-electron chi connectivity index (χ4n) is 1.62. The molecule has 0 unspecified atom stereocenters. The predicted octanol–water partition coefficient (Wildman–Crippen LogP) is 1.81. The first-order chi connectivity index (χ1) is 8.56. The zero-order valence-electron chi connectivity index (χ0n) is 9.97. The lowest BCUT2D eigenvalue weighted by atomic mass is 10.1. The van der Waals surface area contributed by atoms with Crippen molar-refractivity contribution in [3.63, 3.8) is 0 Å². The smallest absolute Gasteiger partial charge is 0.255 e. The largest absolute Gasteiger partial charge is 0.399 e. The molecule has 0 saturated carbocycles.